The van der Waals surface area contributed by atoms with E-state index < -0.39 is 17.6 Å². The lowest BCUT2D eigenvalue weighted by atomic mass is 9.93. The van der Waals surface area contributed by atoms with E-state index in [1.165, 1.54) is 13.8 Å². The highest BCUT2D eigenvalue weighted by molar-refractivity contribution is 5.91. The van der Waals surface area contributed by atoms with Crippen molar-refractivity contribution >= 4 is 11.8 Å². The molecule has 0 saturated carbocycles. The molecule has 0 amide bonds. The molecule has 0 radical (unpaired) electrons. The minimum atomic E-state index is -1.44. The molecule has 0 aliphatic heterocycles. The largest absolute Gasteiger partial charge is 0.481 e. The molecule has 0 saturated heterocycles. The van der Waals surface area contributed by atoms with E-state index in [9.17, 15) is 14.7 Å². The van der Waals surface area contributed by atoms with Crippen molar-refractivity contribution < 1.29 is 19.8 Å². The fraction of sp³-hybridized carbons (Fsp3) is 0.818. The van der Waals surface area contributed by atoms with Crippen LogP contribution in [0.15, 0.2) is 0 Å². The van der Waals surface area contributed by atoms with Crippen LogP contribution in [-0.4, -0.2) is 39.7 Å². The normalized spacial score (nSPS) is 13.9. The number of rotatable bonds is 7. The number of carbonyl (C=O) groups excluding carboxylic acids is 1. The Kier molecular flexibility index (Phi) is 5.61. The number of Topliss-reactive ketones (excluding diaryl/α,β-unsaturated/α-hetero) is 1. The van der Waals surface area contributed by atoms with Crippen molar-refractivity contribution in [1.82, 2.24) is 5.32 Å². The standard InChI is InChI=1S/C11H21NO4/c1-7(2)12-8(5-6-9(13)14)10(15)11(3,4)16/h7-8,12,16H,5-6H2,1-4H3,(H,13,14)/t8-/m1/s1. The molecule has 3 N–H and O–H groups in total. The minimum Gasteiger partial charge on any atom is -0.481 e. The number of nitrogens with one attached hydrogen (secondary N) is 1. The van der Waals surface area contributed by atoms with Crippen LogP contribution in [0.2, 0.25) is 0 Å². The molecule has 0 aromatic heterocycles. The van der Waals surface area contributed by atoms with Gasteiger partial charge in [0, 0.05) is 12.5 Å². The highest BCUT2D eigenvalue weighted by Gasteiger charge is 2.31. The molecule has 1 atom stereocenters. The van der Waals surface area contributed by atoms with Crippen molar-refractivity contribution in [3.05, 3.63) is 0 Å². The quantitative estimate of drug-likeness (QED) is 0.596. The third kappa shape index (κ3) is 5.82. The topological polar surface area (TPSA) is 86.6 Å². The molecular weight excluding hydrogens is 210 g/mol. The summed E-state index contributed by atoms with van der Waals surface area (Å²) in [5, 5.41) is 21.1. The summed E-state index contributed by atoms with van der Waals surface area (Å²) in [6.45, 7) is 6.55. The van der Waals surface area contributed by atoms with Crippen LogP contribution >= 0.6 is 0 Å². The van der Waals surface area contributed by atoms with Crippen LogP contribution in [0.5, 0.6) is 0 Å². The first kappa shape index (κ1) is 15.1. The number of hydrogen-bond donors (Lipinski definition) is 3. The van der Waals surface area contributed by atoms with Gasteiger partial charge in [-0.15, -0.1) is 0 Å². The van der Waals surface area contributed by atoms with Crippen molar-refractivity contribution in [2.45, 2.75) is 58.2 Å². The second-order valence-electron chi connectivity index (χ2n) is 4.73. The van der Waals surface area contributed by atoms with Gasteiger partial charge in [-0.1, -0.05) is 13.8 Å². The predicted octanol–water partition coefficient (Wildman–Crippen LogP) is 0.558. The van der Waals surface area contributed by atoms with Gasteiger partial charge in [0.2, 0.25) is 0 Å². The van der Waals surface area contributed by atoms with Gasteiger partial charge in [-0.2, -0.15) is 0 Å². The maximum atomic E-state index is 11.8. The summed E-state index contributed by atoms with van der Waals surface area (Å²) in [5.41, 5.74) is -1.44. The number of aliphatic carboxylic acids is 1. The third-order valence-electron chi connectivity index (χ3n) is 2.10. The molecule has 0 aliphatic carbocycles. The Morgan fingerprint density at radius 1 is 1.31 bits per heavy atom. The summed E-state index contributed by atoms with van der Waals surface area (Å²) in [6, 6.07) is -0.554. The van der Waals surface area contributed by atoms with E-state index in [4.69, 9.17) is 5.11 Å². The Labute approximate surface area is 95.9 Å². The first-order valence-corrected chi connectivity index (χ1v) is 5.39. The van der Waals surface area contributed by atoms with Crippen LogP contribution in [0.1, 0.15) is 40.5 Å². The van der Waals surface area contributed by atoms with Crippen LogP contribution < -0.4 is 5.32 Å². The van der Waals surface area contributed by atoms with E-state index in [0.717, 1.165) is 0 Å². The summed E-state index contributed by atoms with van der Waals surface area (Å²) >= 11 is 0. The number of aliphatic hydroxyl groups is 1. The fourth-order valence-corrected chi connectivity index (χ4v) is 1.39. The van der Waals surface area contributed by atoms with E-state index in [1.54, 1.807) is 0 Å². The molecular formula is C11H21NO4. The van der Waals surface area contributed by atoms with Gasteiger partial charge in [-0.3, -0.25) is 9.59 Å². The zero-order valence-electron chi connectivity index (χ0n) is 10.3. The summed E-state index contributed by atoms with van der Waals surface area (Å²) in [4.78, 5) is 22.3. The first-order valence-electron chi connectivity index (χ1n) is 5.39. The van der Waals surface area contributed by atoms with Crippen LogP contribution in [0.4, 0.5) is 0 Å². The smallest absolute Gasteiger partial charge is 0.303 e. The molecule has 0 bridgehead atoms. The van der Waals surface area contributed by atoms with Crippen molar-refractivity contribution in [2.75, 3.05) is 0 Å². The average Bonchev–Trinajstić information content (AvgIpc) is 2.08. The fourth-order valence-electron chi connectivity index (χ4n) is 1.39. The summed E-state index contributed by atoms with van der Waals surface area (Å²) < 4.78 is 0. The molecule has 0 fully saturated rings. The summed E-state index contributed by atoms with van der Waals surface area (Å²) in [5.74, 6) is -1.32. The number of ketones is 1. The maximum absolute atomic E-state index is 11.8. The van der Waals surface area contributed by atoms with Gasteiger partial charge in [0.15, 0.2) is 5.78 Å². The Balaban J connectivity index is 4.54. The second kappa shape index (κ2) is 5.96. The van der Waals surface area contributed by atoms with E-state index in [-0.39, 0.29) is 24.7 Å². The van der Waals surface area contributed by atoms with Gasteiger partial charge >= 0.3 is 5.97 Å². The van der Waals surface area contributed by atoms with Gasteiger partial charge in [0.05, 0.1) is 6.04 Å². The lowest BCUT2D eigenvalue weighted by molar-refractivity contribution is -0.139. The van der Waals surface area contributed by atoms with E-state index >= 15 is 0 Å². The highest BCUT2D eigenvalue weighted by atomic mass is 16.4. The molecule has 0 rings (SSSR count). The molecule has 0 heterocycles. The highest BCUT2D eigenvalue weighted by Crippen LogP contribution is 2.11. The lowest BCUT2D eigenvalue weighted by Crippen LogP contribution is -2.49. The Morgan fingerprint density at radius 2 is 1.81 bits per heavy atom. The molecule has 0 spiro atoms. The van der Waals surface area contributed by atoms with Gasteiger partial charge < -0.3 is 15.5 Å². The van der Waals surface area contributed by atoms with E-state index in [2.05, 4.69) is 5.32 Å². The van der Waals surface area contributed by atoms with Gasteiger partial charge in [0.25, 0.3) is 0 Å². The number of carbonyl (C=O) groups is 2. The monoisotopic (exact) mass is 231 g/mol. The molecule has 0 aromatic carbocycles. The van der Waals surface area contributed by atoms with Gasteiger partial charge in [-0.25, -0.2) is 0 Å². The molecule has 5 nitrogen and oxygen atoms in total. The third-order valence-corrected chi connectivity index (χ3v) is 2.10. The minimum absolute atomic E-state index is 0.0603. The zero-order chi connectivity index (χ0) is 12.9. The van der Waals surface area contributed by atoms with Gasteiger partial charge in [0.1, 0.15) is 5.60 Å². The lowest BCUT2D eigenvalue weighted by Gasteiger charge is -2.25. The molecule has 0 aliphatic rings. The number of carboxylic acids is 1. The zero-order valence-corrected chi connectivity index (χ0v) is 10.3. The number of hydrogen-bond acceptors (Lipinski definition) is 4. The number of carboxylic acid groups (broad SMARTS) is 1. The van der Waals surface area contributed by atoms with E-state index in [1.807, 2.05) is 13.8 Å². The van der Waals surface area contributed by atoms with Crippen LogP contribution in [-0.2, 0) is 9.59 Å². The molecule has 0 aromatic rings. The SMILES string of the molecule is CC(C)N[C@H](CCC(=O)O)C(=O)C(C)(C)O. The van der Waals surface area contributed by atoms with Crippen molar-refractivity contribution in [2.24, 2.45) is 0 Å². The van der Waals surface area contributed by atoms with Crippen molar-refractivity contribution in [1.29, 1.82) is 0 Å². The average molecular weight is 231 g/mol. The second-order valence-corrected chi connectivity index (χ2v) is 4.73. The van der Waals surface area contributed by atoms with Gasteiger partial charge in [-0.05, 0) is 20.3 Å². The maximum Gasteiger partial charge on any atom is 0.303 e. The molecule has 5 heteroatoms. The first-order chi connectivity index (χ1) is 7.14. The Morgan fingerprint density at radius 3 is 2.12 bits per heavy atom. The summed E-state index contributed by atoms with van der Waals surface area (Å²) in [6.07, 6.45) is 0.0997. The van der Waals surface area contributed by atoms with Crippen LogP contribution in [0.3, 0.4) is 0 Å². The van der Waals surface area contributed by atoms with Crippen LogP contribution in [0.25, 0.3) is 0 Å². The molecule has 94 valence electrons. The van der Waals surface area contributed by atoms with Crippen molar-refractivity contribution in [3.63, 3.8) is 0 Å². The molecule has 0 unspecified atom stereocenters. The Hall–Kier alpha value is -0.940. The van der Waals surface area contributed by atoms with Crippen LogP contribution in [0, 0.1) is 0 Å². The van der Waals surface area contributed by atoms with Crippen molar-refractivity contribution in [3.8, 4) is 0 Å². The molecule has 16 heavy (non-hydrogen) atoms. The summed E-state index contributed by atoms with van der Waals surface area (Å²) in [7, 11) is 0. The Bertz CT molecular complexity index is 255. The van der Waals surface area contributed by atoms with E-state index in [0.29, 0.717) is 0 Å². The predicted molar refractivity (Wildman–Crippen MR) is 60.2 cm³/mol.